The first-order valence-electron chi connectivity index (χ1n) is 4.68. The lowest BCUT2D eigenvalue weighted by Gasteiger charge is -2.06. The molecular formula is C10H13BrN2O2. The van der Waals surface area contributed by atoms with E-state index in [4.69, 9.17) is 5.11 Å². The summed E-state index contributed by atoms with van der Waals surface area (Å²) in [7, 11) is 0. The fraction of sp³-hybridized carbons (Fsp3) is 0.400. The number of nitrogens with zero attached hydrogens (tertiary/aromatic N) is 1. The highest BCUT2D eigenvalue weighted by Gasteiger charge is 2.10. The van der Waals surface area contributed by atoms with Crippen molar-refractivity contribution in [2.24, 2.45) is 0 Å². The molecule has 0 saturated heterocycles. The van der Waals surface area contributed by atoms with Gasteiger partial charge in [-0.25, -0.2) is 4.98 Å². The largest absolute Gasteiger partial charge is 0.393 e. The molecule has 0 aliphatic rings. The SMILES string of the molecule is CC(O)CCNC(=O)c1ncccc1Br. The minimum Gasteiger partial charge on any atom is -0.393 e. The van der Waals surface area contributed by atoms with E-state index in [1.54, 1.807) is 25.3 Å². The van der Waals surface area contributed by atoms with E-state index in [-0.39, 0.29) is 5.91 Å². The number of halogens is 1. The summed E-state index contributed by atoms with van der Waals surface area (Å²) in [5, 5.41) is 11.7. The molecule has 1 heterocycles. The summed E-state index contributed by atoms with van der Waals surface area (Å²) in [6.07, 6.45) is 1.70. The summed E-state index contributed by atoms with van der Waals surface area (Å²) in [6.45, 7) is 2.13. The van der Waals surface area contributed by atoms with Gasteiger partial charge in [-0.05, 0) is 41.4 Å². The van der Waals surface area contributed by atoms with Crippen molar-refractivity contribution < 1.29 is 9.90 Å². The van der Waals surface area contributed by atoms with Crippen LogP contribution in [0.25, 0.3) is 0 Å². The van der Waals surface area contributed by atoms with E-state index in [0.717, 1.165) is 0 Å². The van der Waals surface area contributed by atoms with Crippen LogP contribution in [0.3, 0.4) is 0 Å². The van der Waals surface area contributed by atoms with Crippen molar-refractivity contribution >= 4 is 21.8 Å². The zero-order chi connectivity index (χ0) is 11.3. The number of carbonyl (C=O) groups is 1. The van der Waals surface area contributed by atoms with E-state index < -0.39 is 6.10 Å². The average molecular weight is 273 g/mol. The fourth-order valence-corrected chi connectivity index (χ4v) is 1.47. The number of aliphatic hydroxyl groups excluding tert-OH is 1. The number of pyridine rings is 1. The van der Waals surface area contributed by atoms with Crippen molar-refractivity contribution in [2.75, 3.05) is 6.54 Å². The van der Waals surface area contributed by atoms with Crippen molar-refractivity contribution in [3.05, 3.63) is 28.5 Å². The Kier molecular flexibility index (Phi) is 4.71. The lowest BCUT2D eigenvalue weighted by atomic mass is 10.3. The van der Waals surface area contributed by atoms with Crippen molar-refractivity contribution in [2.45, 2.75) is 19.4 Å². The predicted octanol–water partition coefficient (Wildman–Crippen LogP) is 1.34. The number of aliphatic hydroxyl groups is 1. The van der Waals surface area contributed by atoms with Crippen molar-refractivity contribution in [1.82, 2.24) is 10.3 Å². The van der Waals surface area contributed by atoms with Gasteiger partial charge in [-0.15, -0.1) is 0 Å². The maximum absolute atomic E-state index is 11.6. The zero-order valence-corrected chi connectivity index (χ0v) is 9.99. The third kappa shape index (κ3) is 3.97. The molecule has 0 aromatic carbocycles. The highest BCUT2D eigenvalue weighted by Crippen LogP contribution is 2.12. The first-order valence-corrected chi connectivity index (χ1v) is 5.47. The van der Waals surface area contributed by atoms with Gasteiger partial charge < -0.3 is 10.4 Å². The molecule has 0 fully saturated rings. The summed E-state index contributed by atoms with van der Waals surface area (Å²) in [5.41, 5.74) is 0.364. The molecule has 2 N–H and O–H groups in total. The molecule has 0 aliphatic carbocycles. The summed E-state index contributed by atoms with van der Waals surface area (Å²) in [6, 6.07) is 3.51. The van der Waals surface area contributed by atoms with E-state index in [0.29, 0.717) is 23.1 Å². The summed E-state index contributed by atoms with van der Waals surface area (Å²) in [4.78, 5) is 15.5. The molecule has 1 rings (SSSR count). The number of hydrogen-bond donors (Lipinski definition) is 2. The topological polar surface area (TPSA) is 62.2 Å². The van der Waals surface area contributed by atoms with Crippen molar-refractivity contribution in [3.63, 3.8) is 0 Å². The Balaban J connectivity index is 2.51. The summed E-state index contributed by atoms with van der Waals surface area (Å²) < 4.78 is 0.666. The summed E-state index contributed by atoms with van der Waals surface area (Å²) in [5.74, 6) is -0.233. The van der Waals surface area contributed by atoms with Gasteiger partial charge >= 0.3 is 0 Å². The Morgan fingerprint density at radius 3 is 3.07 bits per heavy atom. The highest BCUT2D eigenvalue weighted by atomic mass is 79.9. The van der Waals surface area contributed by atoms with Crippen LogP contribution in [-0.2, 0) is 0 Å². The van der Waals surface area contributed by atoms with Crippen LogP contribution in [0.2, 0.25) is 0 Å². The van der Waals surface area contributed by atoms with E-state index >= 15 is 0 Å². The highest BCUT2D eigenvalue weighted by molar-refractivity contribution is 9.10. The van der Waals surface area contributed by atoms with Gasteiger partial charge in [0, 0.05) is 17.2 Å². The molecule has 1 aromatic rings. The van der Waals surface area contributed by atoms with Gasteiger partial charge in [0.15, 0.2) is 0 Å². The number of rotatable bonds is 4. The molecule has 1 aromatic heterocycles. The van der Waals surface area contributed by atoms with Crippen LogP contribution in [0.1, 0.15) is 23.8 Å². The maximum atomic E-state index is 11.6. The molecule has 1 amide bonds. The average Bonchev–Trinajstić information content (AvgIpc) is 2.17. The monoisotopic (exact) mass is 272 g/mol. The van der Waals surface area contributed by atoms with Gasteiger partial charge in [0.2, 0.25) is 0 Å². The number of carbonyl (C=O) groups excluding carboxylic acids is 1. The Bertz CT molecular complexity index is 342. The van der Waals surface area contributed by atoms with E-state index in [9.17, 15) is 4.79 Å². The second-order valence-corrected chi connectivity index (χ2v) is 4.08. The molecule has 0 radical (unpaired) electrons. The van der Waals surface area contributed by atoms with Crippen LogP contribution < -0.4 is 5.32 Å². The zero-order valence-electron chi connectivity index (χ0n) is 8.40. The number of nitrogens with one attached hydrogen (secondary N) is 1. The number of aromatic nitrogens is 1. The van der Waals surface area contributed by atoms with Gasteiger partial charge in [-0.2, -0.15) is 0 Å². The third-order valence-electron chi connectivity index (χ3n) is 1.82. The van der Waals surface area contributed by atoms with Gasteiger partial charge in [-0.1, -0.05) is 0 Å². The molecule has 15 heavy (non-hydrogen) atoms. The van der Waals surface area contributed by atoms with Crippen LogP contribution in [-0.4, -0.2) is 28.6 Å². The van der Waals surface area contributed by atoms with Gasteiger partial charge in [0.25, 0.3) is 5.91 Å². The second-order valence-electron chi connectivity index (χ2n) is 3.23. The lowest BCUT2D eigenvalue weighted by molar-refractivity contribution is 0.0940. The van der Waals surface area contributed by atoms with Crippen LogP contribution in [0.5, 0.6) is 0 Å². The molecule has 82 valence electrons. The smallest absolute Gasteiger partial charge is 0.271 e. The molecule has 0 saturated carbocycles. The van der Waals surface area contributed by atoms with Crippen LogP contribution in [0.4, 0.5) is 0 Å². The molecule has 0 aliphatic heterocycles. The normalized spacial score (nSPS) is 12.2. The molecule has 4 nitrogen and oxygen atoms in total. The van der Waals surface area contributed by atoms with Gasteiger partial charge in [0.05, 0.1) is 6.10 Å². The molecule has 1 unspecified atom stereocenters. The quantitative estimate of drug-likeness (QED) is 0.870. The Hall–Kier alpha value is -0.940. The van der Waals surface area contributed by atoms with Gasteiger partial charge in [0.1, 0.15) is 5.69 Å². The molecule has 0 spiro atoms. The summed E-state index contributed by atoms with van der Waals surface area (Å²) >= 11 is 3.24. The number of amides is 1. The van der Waals surface area contributed by atoms with Crippen molar-refractivity contribution in [3.8, 4) is 0 Å². The Morgan fingerprint density at radius 2 is 2.47 bits per heavy atom. The van der Waals surface area contributed by atoms with Crippen molar-refractivity contribution in [1.29, 1.82) is 0 Å². The molecule has 5 heteroatoms. The first kappa shape index (κ1) is 12.1. The predicted molar refractivity (Wildman–Crippen MR) is 60.6 cm³/mol. The Labute approximate surface area is 96.8 Å². The maximum Gasteiger partial charge on any atom is 0.271 e. The van der Waals surface area contributed by atoms with Gasteiger partial charge in [-0.3, -0.25) is 4.79 Å². The standard InChI is InChI=1S/C10H13BrN2O2/c1-7(14)4-6-13-10(15)9-8(11)3-2-5-12-9/h2-3,5,7,14H,4,6H2,1H3,(H,13,15). The fourth-order valence-electron chi connectivity index (χ4n) is 1.03. The molecule has 0 bridgehead atoms. The minimum absolute atomic E-state index is 0.233. The first-order chi connectivity index (χ1) is 7.11. The molecular weight excluding hydrogens is 260 g/mol. The van der Waals surface area contributed by atoms with Crippen LogP contribution >= 0.6 is 15.9 Å². The third-order valence-corrected chi connectivity index (χ3v) is 2.46. The van der Waals surface area contributed by atoms with E-state index in [2.05, 4.69) is 26.2 Å². The van der Waals surface area contributed by atoms with Crippen LogP contribution in [0, 0.1) is 0 Å². The Morgan fingerprint density at radius 1 is 1.73 bits per heavy atom. The van der Waals surface area contributed by atoms with Crippen LogP contribution in [0.15, 0.2) is 22.8 Å². The number of hydrogen-bond acceptors (Lipinski definition) is 3. The minimum atomic E-state index is -0.405. The second kappa shape index (κ2) is 5.82. The molecule has 1 atom stereocenters. The lowest BCUT2D eigenvalue weighted by Crippen LogP contribution is -2.27. The van der Waals surface area contributed by atoms with E-state index in [1.807, 2.05) is 0 Å². The van der Waals surface area contributed by atoms with E-state index in [1.165, 1.54) is 0 Å².